The molecule has 0 N–H and O–H groups in total. The number of ether oxygens (including phenoxy) is 1. The van der Waals surface area contributed by atoms with Crippen LogP contribution in [0.2, 0.25) is 0 Å². The lowest BCUT2D eigenvalue weighted by Gasteiger charge is -2.44. The first-order valence-corrected chi connectivity index (χ1v) is 7.59. The number of benzene rings is 1. The van der Waals surface area contributed by atoms with E-state index in [-0.39, 0.29) is 23.4 Å². The van der Waals surface area contributed by atoms with Crippen molar-refractivity contribution in [3.05, 3.63) is 60.0 Å². The molecule has 1 heterocycles. The van der Waals surface area contributed by atoms with Crippen molar-refractivity contribution in [1.82, 2.24) is 4.90 Å². The summed E-state index contributed by atoms with van der Waals surface area (Å²) < 4.78 is 18.8. The van der Waals surface area contributed by atoms with Crippen molar-refractivity contribution in [2.45, 2.75) is 18.6 Å². The second kappa shape index (κ2) is 6.08. The number of carbonyl (C=O) groups is 2. The Morgan fingerprint density at radius 2 is 1.87 bits per heavy atom. The number of hydrogen-bond acceptors (Lipinski definition) is 3. The van der Waals surface area contributed by atoms with Gasteiger partial charge in [-0.1, -0.05) is 12.1 Å². The van der Waals surface area contributed by atoms with Gasteiger partial charge in [0, 0.05) is 7.05 Å². The van der Waals surface area contributed by atoms with Gasteiger partial charge in [0.2, 0.25) is 5.91 Å². The van der Waals surface area contributed by atoms with E-state index in [1.54, 1.807) is 31.3 Å². The van der Waals surface area contributed by atoms with Gasteiger partial charge in [-0.05, 0) is 54.8 Å². The summed E-state index contributed by atoms with van der Waals surface area (Å²) in [6.45, 7) is 0.299. The van der Waals surface area contributed by atoms with Gasteiger partial charge in [0.05, 0.1) is 12.5 Å². The minimum atomic E-state index is -0.947. The number of nitrogens with zero attached hydrogens (tertiary/aromatic N) is 1. The molecule has 5 heteroatoms. The molecule has 0 radical (unpaired) electrons. The fourth-order valence-corrected chi connectivity index (χ4v) is 2.88. The third kappa shape index (κ3) is 3.10. The molecular formula is C18H18FNO3. The largest absolute Gasteiger partial charge is 0.347 e. The van der Waals surface area contributed by atoms with E-state index >= 15 is 0 Å². The Kier molecular flexibility index (Phi) is 4.13. The molecule has 1 amide bonds. The number of rotatable bonds is 3. The van der Waals surface area contributed by atoms with Crippen LogP contribution in [-0.4, -0.2) is 36.0 Å². The Morgan fingerprint density at radius 3 is 2.52 bits per heavy atom. The normalized spacial score (nSPS) is 22.9. The van der Waals surface area contributed by atoms with Crippen LogP contribution in [-0.2, 0) is 20.7 Å². The monoisotopic (exact) mass is 315 g/mol. The summed E-state index contributed by atoms with van der Waals surface area (Å²) in [6, 6.07) is 6.30. The van der Waals surface area contributed by atoms with E-state index in [1.807, 2.05) is 0 Å². The molecule has 1 atom stereocenters. The molecule has 1 aromatic carbocycles. The first-order valence-electron chi connectivity index (χ1n) is 7.59. The van der Waals surface area contributed by atoms with Crippen molar-refractivity contribution < 1.29 is 18.7 Å². The van der Waals surface area contributed by atoms with Gasteiger partial charge < -0.3 is 9.64 Å². The summed E-state index contributed by atoms with van der Waals surface area (Å²) in [5, 5.41) is 0. The Hall–Kier alpha value is -2.27. The predicted octanol–water partition coefficient (Wildman–Crippen LogP) is 2.25. The zero-order valence-corrected chi connectivity index (χ0v) is 12.9. The van der Waals surface area contributed by atoms with Gasteiger partial charge in [-0.25, -0.2) is 4.39 Å². The lowest BCUT2D eigenvalue weighted by atomic mass is 9.94. The molecule has 1 fully saturated rings. The number of halogens is 1. The van der Waals surface area contributed by atoms with Crippen LogP contribution in [0.4, 0.5) is 4.39 Å². The van der Waals surface area contributed by atoms with Gasteiger partial charge in [-0.15, -0.1) is 0 Å². The van der Waals surface area contributed by atoms with Crippen LogP contribution in [0.5, 0.6) is 0 Å². The van der Waals surface area contributed by atoms with Crippen molar-refractivity contribution in [2.24, 2.45) is 5.92 Å². The SMILES string of the molecule is CN1C(=O)C(CCc2ccc(F)cc2)COC12C=CC(=O)C=C2. The summed E-state index contributed by atoms with van der Waals surface area (Å²) in [5.74, 6) is -0.631. The molecule has 3 rings (SSSR count). The molecule has 1 aliphatic carbocycles. The van der Waals surface area contributed by atoms with Gasteiger partial charge in [0.15, 0.2) is 11.5 Å². The van der Waals surface area contributed by atoms with Crippen molar-refractivity contribution in [1.29, 1.82) is 0 Å². The molecular weight excluding hydrogens is 297 g/mol. The van der Waals surface area contributed by atoms with E-state index in [4.69, 9.17) is 4.74 Å². The molecule has 0 saturated carbocycles. The van der Waals surface area contributed by atoms with Crippen LogP contribution in [0.15, 0.2) is 48.6 Å². The Morgan fingerprint density at radius 1 is 1.22 bits per heavy atom. The molecule has 1 spiro atoms. The number of amides is 1. The Balaban J connectivity index is 1.65. The van der Waals surface area contributed by atoms with Gasteiger partial charge in [-0.3, -0.25) is 9.59 Å². The maximum Gasteiger partial charge on any atom is 0.230 e. The number of hydrogen-bond donors (Lipinski definition) is 0. The molecule has 2 aliphatic rings. The topological polar surface area (TPSA) is 46.6 Å². The number of allylic oxidation sites excluding steroid dienone is 2. The van der Waals surface area contributed by atoms with Crippen LogP contribution in [0.1, 0.15) is 12.0 Å². The molecule has 1 unspecified atom stereocenters. The average Bonchev–Trinajstić information content (AvgIpc) is 2.56. The van der Waals surface area contributed by atoms with E-state index in [1.165, 1.54) is 29.2 Å². The third-order valence-corrected chi connectivity index (χ3v) is 4.39. The lowest BCUT2D eigenvalue weighted by molar-refractivity contribution is -0.175. The summed E-state index contributed by atoms with van der Waals surface area (Å²) in [4.78, 5) is 25.4. The zero-order valence-electron chi connectivity index (χ0n) is 12.9. The number of likely N-dealkylation sites (N-methyl/N-ethyl adjacent to an activating group) is 1. The van der Waals surface area contributed by atoms with Crippen molar-refractivity contribution in [3.63, 3.8) is 0 Å². The maximum atomic E-state index is 12.9. The molecule has 4 nitrogen and oxygen atoms in total. The summed E-state index contributed by atoms with van der Waals surface area (Å²) in [7, 11) is 1.68. The van der Waals surface area contributed by atoms with Gasteiger partial charge >= 0.3 is 0 Å². The van der Waals surface area contributed by atoms with Crippen LogP contribution < -0.4 is 0 Å². The predicted molar refractivity (Wildman–Crippen MR) is 83.0 cm³/mol. The van der Waals surface area contributed by atoms with Crippen LogP contribution >= 0.6 is 0 Å². The quantitative estimate of drug-likeness (QED) is 0.859. The minimum Gasteiger partial charge on any atom is -0.347 e. The number of carbonyl (C=O) groups excluding carboxylic acids is 2. The molecule has 1 aliphatic heterocycles. The molecule has 0 aromatic heterocycles. The third-order valence-electron chi connectivity index (χ3n) is 4.39. The maximum absolute atomic E-state index is 12.9. The minimum absolute atomic E-state index is 0.0120. The number of ketones is 1. The summed E-state index contributed by atoms with van der Waals surface area (Å²) in [5.41, 5.74) is 0.0439. The van der Waals surface area contributed by atoms with E-state index in [9.17, 15) is 14.0 Å². The molecule has 120 valence electrons. The molecule has 23 heavy (non-hydrogen) atoms. The van der Waals surface area contributed by atoms with E-state index in [0.29, 0.717) is 19.4 Å². The highest BCUT2D eigenvalue weighted by Crippen LogP contribution is 2.31. The standard InChI is InChI=1S/C18H18FNO3/c1-20-17(22)14(5-2-13-3-6-15(19)7-4-13)12-23-18(20)10-8-16(21)9-11-18/h3-4,6-11,14H,2,5,12H2,1H3. The lowest BCUT2D eigenvalue weighted by Crippen LogP contribution is -2.57. The van der Waals surface area contributed by atoms with Gasteiger partial charge in [-0.2, -0.15) is 0 Å². The highest BCUT2D eigenvalue weighted by Gasteiger charge is 2.43. The van der Waals surface area contributed by atoms with Gasteiger partial charge in [0.1, 0.15) is 5.82 Å². The second-order valence-electron chi connectivity index (χ2n) is 5.89. The highest BCUT2D eigenvalue weighted by molar-refractivity contribution is 6.00. The summed E-state index contributed by atoms with van der Waals surface area (Å²) in [6.07, 6.45) is 7.39. The second-order valence-corrected chi connectivity index (χ2v) is 5.89. The average molecular weight is 315 g/mol. The first-order chi connectivity index (χ1) is 11.0. The Labute approximate surface area is 134 Å². The molecule has 0 bridgehead atoms. The van der Waals surface area contributed by atoms with E-state index in [0.717, 1.165) is 5.56 Å². The highest BCUT2D eigenvalue weighted by atomic mass is 19.1. The first kappa shape index (κ1) is 15.6. The molecule has 1 saturated heterocycles. The van der Waals surface area contributed by atoms with Crippen LogP contribution in [0.3, 0.4) is 0 Å². The van der Waals surface area contributed by atoms with Gasteiger partial charge in [0.25, 0.3) is 0 Å². The Bertz CT molecular complexity index is 662. The fraction of sp³-hybridized carbons (Fsp3) is 0.333. The smallest absolute Gasteiger partial charge is 0.230 e. The van der Waals surface area contributed by atoms with Crippen molar-refractivity contribution in [2.75, 3.05) is 13.7 Å². The van der Waals surface area contributed by atoms with Crippen molar-refractivity contribution in [3.8, 4) is 0 Å². The van der Waals surface area contributed by atoms with E-state index < -0.39 is 5.72 Å². The molecule has 1 aromatic rings. The van der Waals surface area contributed by atoms with Crippen LogP contribution in [0.25, 0.3) is 0 Å². The summed E-state index contributed by atoms with van der Waals surface area (Å²) >= 11 is 0. The van der Waals surface area contributed by atoms with Crippen LogP contribution in [0, 0.1) is 11.7 Å². The fourth-order valence-electron chi connectivity index (χ4n) is 2.88. The number of aryl methyl sites for hydroxylation is 1. The zero-order chi connectivity index (χ0) is 16.4. The van der Waals surface area contributed by atoms with Crippen molar-refractivity contribution >= 4 is 11.7 Å². The van der Waals surface area contributed by atoms with E-state index in [2.05, 4.69) is 0 Å².